The summed E-state index contributed by atoms with van der Waals surface area (Å²) in [5.74, 6) is 1.11. The molecular weight excluding hydrogens is 432 g/mol. The average Bonchev–Trinajstić information content (AvgIpc) is 3.41. The molecule has 1 amide bonds. The summed E-state index contributed by atoms with van der Waals surface area (Å²) in [6.45, 7) is 0. The Balaban J connectivity index is 1.33. The Morgan fingerprint density at radius 1 is 1.22 bits per heavy atom. The summed E-state index contributed by atoms with van der Waals surface area (Å²) in [4.78, 5) is 20.8. The number of nitrogens with zero attached hydrogens (tertiary/aromatic N) is 3. The molecular formula is C18H13BrN4O3S. The van der Waals surface area contributed by atoms with Crippen molar-refractivity contribution in [2.45, 2.75) is 12.8 Å². The highest BCUT2D eigenvalue weighted by Crippen LogP contribution is 2.27. The Labute approximate surface area is 166 Å². The maximum atomic E-state index is 12.2. The van der Waals surface area contributed by atoms with Crippen molar-refractivity contribution in [3.05, 3.63) is 58.4 Å². The predicted molar refractivity (Wildman–Crippen MR) is 104 cm³/mol. The van der Waals surface area contributed by atoms with E-state index < -0.39 is 0 Å². The third-order valence-corrected chi connectivity index (χ3v) is 4.90. The number of furan rings is 1. The summed E-state index contributed by atoms with van der Waals surface area (Å²) in [5, 5.41) is 9.10. The van der Waals surface area contributed by atoms with Gasteiger partial charge < -0.3 is 14.3 Å². The Morgan fingerprint density at radius 3 is 2.96 bits per heavy atom. The molecule has 9 heteroatoms. The third kappa shape index (κ3) is 4.32. The number of amides is 1. The van der Waals surface area contributed by atoms with Crippen molar-refractivity contribution in [2.75, 3.05) is 5.32 Å². The molecule has 136 valence electrons. The van der Waals surface area contributed by atoms with Gasteiger partial charge >= 0.3 is 0 Å². The van der Waals surface area contributed by atoms with Gasteiger partial charge in [0.2, 0.25) is 17.6 Å². The van der Waals surface area contributed by atoms with Gasteiger partial charge in [0, 0.05) is 28.3 Å². The smallest absolute Gasteiger partial charge is 0.238 e. The number of benzene rings is 1. The van der Waals surface area contributed by atoms with E-state index in [4.69, 9.17) is 8.94 Å². The van der Waals surface area contributed by atoms with E-state index in [-0.39, 0.29) is 12.3 Å². The van der Waals surface area contributed by atoms with Crippen molar-refractivity contribution in [2.24, 2.45) is 0 Å². The Hall–Kier alpha value is -2.78. The van der Waals surface area contributed by atoms with Crippen molar-refractivity contribution in [1.29, 1.82) is 0 Å². The lowest BCUT2D eigenvalue weighted by Crippen LogP contribution is -2.12. The van der Waals surface area contributed by atoms with E-state index in [0.29, 0.717) is 29.0 Å². The first-order valence-corrected chi connectivity index (χ1v) is 9.72. The number of anilines is 1. The highest BCUT2D eigenvalue weighted by atomic mass is 79.9. The molecule has 0 aliphatic rings. The summed E-state index contributed by atoms with van der Waals surface area (Å²) < 4.78 is 11.3. The van der Waals surface area contributed by atoms with E-state index in [9.17, 15) is 4.79 Å². The van der Waals surface area contributed by atoms with Crippen LogP contribution in [0.15, 0.2) is 61.5 Å². The molecule has 0 radical (unpaired) electrons. The van der Waals surface area contributed by atoms with Crippen LogP contribution < -0.4 is 5.32 Å². The molecule has 4 rings (SSSR count). The van der Waals surface area contributed by atoms with Crippen LogP contribution in [0, 0.1) is 0 Å². The zero-order valence-corrected chi connectivity index (χ0v) is 16.3. The normalized spacial score (nSPS) is 10.9. The monoisotopic (exact) mass is 444 g/mol. The first kappa shape index (κ1) is 17.6. The number of hydrogen-bond donors (Lipinski definition) is 1. The van der Waals surface area contributed by atoms with Crippen molar-refractivity contribution in [3.8, 4) is 22.8 Å². The molecule has 0 bridgehead atoms. The van der Waals surface area contributed by atoms with Gasteiger partial charge in [-0.3, -0.25) is 4.79 Å². The number of hydrogen-bond acceptors (Lipinski definition) is 7. The van der Waals surface area contributed by atoms with E-state index in [0.717, 1.165) is 15.7 Å². The second-order valence-electron chi connectivity index (χ2n) is 5.59. The SMILES string of the molecule is O=C(CCc1nc(-c2ccco2)no1)Nc1nc(-c2cccc(Br)c2)cs1. The van der Waals surface area contributed by atoms with Gasteiger partial charge in [-0.25, -0.2) is 4.98 Å². The Kier molecular flexibility index (Phi) is 5.12. The van der Waals surface area contributed by atoms with Crippen molar-refractivity contribution in [3.63, 3.8) is 0 Å². The number of nitrogens with one attached hydrogen (secondary N) is 1. The highest BCUT2D eigenvalue weighted by molar-refractivity contribution is 9.10. The first-order valence-electron chi connectivity index (χ1n) is 8.05. The van der Waals surface area contributed by atoms with Gasteiger partial charge in [0.15, 0.2) is 10.9 Å². The zero-order valence-electron chi connectivity index (χ0n) is 13.9. The molecule has 1 aromatic carbocycles. The minimum Gasteiger partial charge on any atom is -0.461 e. The molecule has 3 heterocycles. The standard InChI is InChI=1S/C18H13BrN4O3S/c19-12-4-1-3-11(9-12)13-10-27-18(20-13)21-15(24)6-7-16-22-17(23-26-16)14-5-2-8-25-14/h1-5,8-10H,6-7H2,(H,20,21,24). The maximum Gasteiger partial charge on any atom is 0.238 e. The third-order valence-electron chi connectivity index (χ3n) is 3.65. The second kappa shape index (κ2) is 7.85. The minimum atomic E-state index is -0.164. The molecule has 1 N–H and O–H groups in total. The molecule has 0 spiro atoms. The van der Waals surface area contributed by atoms with Crippen LogP contribution in [0.25, 0.3) is 22.8 Å². The second-order valence-corrected chi connectivity index (χ2v) is 7.36. The van der Waals surface area contributed by atoms with Crippen LogP contribution in [-0.4, -0.2) is 21.0 Å². The fourth-order valence-electron chi connectivity index (χ4n) is 2.38. The lowest BCUT2D eigenvalue weighted by Gasteiger charge is -2.00. The first-order chi connectivity index (χ1) is 13.2. The fraction of sp³-hybridized carbons (Fsp3) is 0.111. The average molecular weight is 445 g/mol. The van der Waals surface area contributed by atoms with Crippen molar-refractivity contribution in [1.82, 2.24) is 15.1 Å². The van der Waals surface area contributed by atoms with Gasteiger partial charge in [0.05, 0.1) is 12.0 Å². The molecule has 7 nitrogen and oxygen atoms in total. The van der Waals surface area contributed by atoms with E-state index in [2.05, 4.69) is 36.4 Å². The molecule has 0 fully saturated rings. The van der Waals surface area contributed by atoms with E-state index >= 15 is 0 Å². The molecule has 0 aliphatic carbocycles. The largest absolute Gasteiger partial charge is 0.461 e. The van der Waals surface area contributed by atoms with Gasteiger partial charge in [-0.1, -0.05) is 33.2 Å². The van der Waals surface area contributed by atoms with Crippen molar-refractivity contribution < 1.29 is 13.7 Å². The number of aryl methyl sites for hydroxylation is 1. The number of carbonyl (C=O) groups is 1. The lowest BCUT2D eigenvalue weighted by atomic mass is 10.2. The van der Waals surface area contributed by atoms with Crippen LogP contribution >= 0.6 is 27.3 Å². The van der Waals surface area contributed by atoms with Gasteiger partial charge in [-0.05, 0) is 24.3 Å². The summed E-state index contributed by atoms with van der Waals surface area (Å²) in [5.41, 5.74) is 1.80. The van der Waals surface area contributed by atoms with Crippen LogP contribution in [0.4, 0.5) is 5.13 Å². The molecule has 3 aromatic heterocycles. The maximum absolute atomic E-state index is 12.2. The quantitative estimate of drug-likeness (QED) is 0.459. The summed E-state index contributed by atoms with van der Waals surface area (Å²) in [6, 6.07) is 11.3. The molecule has 0 atom stereocenters. The molecule has 0 saturated heterocycles. The minimum absolute atomic E-state index is 0.164. The van der Waals surface area contributed by atoms with Gasteiger partial charge in [-0.2, -0.15) is 4.98 Å². The predicted octanol–water partition coefficient (Wildman–Crippen LogP) is 4.79. The molecule has 0 unspecified atom stereocenters. The van der Waals surface area contributed by atoms with Gasteiger partial charge in [0.1, 0.15) is 0 Å². The van der Waals surface area contributed by atoms with Crippen LogP contribution in [0.2, 0.25) is 0 Å². The lowest BCUT2D eigenvalue weighted by molar-refractivity contribution is -0.116. The highest BCUT2D eigenvalue weighted by Gasteiger charge is 2.13. The Bertz CT molecular complexity index is 1060. The van der Waals surface area contributed by atoms with Crippen LogP contribution in [0.1, 0.15) is 12.3 Å². The van der Waals surface area contributed by atoms with E-state index in [1.54, 1.807) is 12.1 Å². The molecule has 0 saturated carbocycles. The van der Waals surface area contributed by atoms with Gasteiger partial charge in [-0.15, -0.1) is 11.3 Å². The molecule has 4 aromatic rings. The number of aromatic nitrogens is 3. The fourth-order valence-corrected chi connectivity index (χ4v) is 3.51. The van der Waals surface area contributed by atoms with Gasteiger partial charge in [0.25, 0.3) is 0 Å². The Morgan fingerprint density at radius 2 is 2.15 bits per heavy atom. The zero-order chi connectivity index (χ0) is 18.6. The molecule has 0 aliphatic heterocycles. The van der Waals surface area contributed by atoms with E-state index in [1.807, 2.05) is 29.6 Å². The van der Waals surface area contributed by atoms with E-state index in [1.165, 1.54) is 17.6 Å². The summed E-state index contributed by atoms with van der Waals surface area (Å²) >= 11 is 4.82. The molecule has 27 heavy (non-hydrogen) atoms. The topological polar surface area (TPSA) is 94.0 Å². The number of rotatable bonds is 6. The van der Waals surface area contributed by atoms with Crippen molar-refractivity contribution >= 4 is 38.3 Å². The number of halogens is 1. The summed E-state index contributed by atoms with van der Waals surface area (Å²) in [6.07, 6.45) is 2.09. The number of thiazole rings is 1. The van der Waals surface area contributed by atoms with Crippen LogP contribution in [-0.2, 0) is 11.2 Å². The van der Waals surface area contributed by atoms with Crippen LogP contribution in [0.5, 0.6) is 0 Å². The number of carbonyl (C=O) groups excluding carboxylic acids is 1. The van der Waals surface area contributed by atoms with Crippen LogP contribution in [0.3, 0.4) is 0 Å². The summed E-state index contributed by atoms with van der Waals surface area (Å²) in [7, 11) is 0.